The maximum absolute atomic E-state index is 12.2. The van der Waals surface area contributed by atoms with Crippen LogP contribution in [0.4, 0.5) is 5.69 Å². The molecule has 0 bridgehead atoms. The third kappa shape index (κ3) is 3.69. The number of aliphatic hydroxyl groups is 1. The molecule has 0 aliphatic heterocycles. The third-order valence-electron chi connectivity index (χ3n) is 2.46. The molecule has 0 saturated carbocycles. The zero-order chi connectivity index (χ0) is 14.0. The van der Waals surface area contributed by atoms with Crippen molar-refractivity contribution in [1.29, 1.82) is 0 Å². The maximum Gasteiger partial charge on any atom is 0.242 e. The number of nitrogens with one attached hydrogen (secondary N) is 1. The average molecular weight is 272 g/mol. The number of hydrogen-bond donors (Lipinski definition) is 2. The molecular formula is C12H20N2O3S. The Kier molecular flexibility index (Phi) is 4.37. The molecule has 0 radical (unpaired) electrons. The summed E-state index contributed by atoms with van der Waals surface area (Å²) in [6.45, 7) is 3.19. The highest BCUT2D eigenvalue weighted by Crippen LogP contribution is 2.18. The van der Waals surface area contributed by atoms with Crippen molar-refractivity contribution in [3.05, 3.63) is 24.3 Å². The standard InChI is InChI=1S/C12H20N2O3S/c1-12(2,15)9-14(4)18(16,17)11-7-5-10(13-3)6-8-11/h5-8,13,15H,9H2,1-4H3. The molecule has 0 saturated heterocycles. The van der Waals surface area contributed by atoms with Gasteiger partial charge in [0.05, 0.1) is 10.5 Å². The van der Waals surface area contributed by atoms with E-state index in [-0.39, 0.29) is 11.4 Å². The highest BCUT2D eigenvalue weighted by molar-refractivity contribution is 7.89. The van der Waals surface area contributed by atoms with Crippen LogP contribution in [0.1, 0.15) is 13.8 Å². The van der Waals surface area contributed by atoms with Gasteiger partial charge in [0.1, 0.15) is 0 Å². The Hall–Kier alpha value is -1.11. The van der Waals surface area contributed by atoms with Gasteiger partial charge >= 0.3 is 0 Å². The molecule has 0 unspecified atom stereocenters. The third-order valence-corrected chi connectivity index (χ3v) is 4.28. The number of benzene rings is 1. The van der Waals surface area contributed by atoms with Gasteiger partial charge in [-0.15, -0.1) is 0 Å². The molecule has 0 amide bonds. The van der Waals surface area contributed by atoms with Crippen molar-refractivity contribution in [3.8, 4) is 0 Å². The monoisotopic (exact) mass is 272 g/mol. The van der Waals surface area contributed by atoms with Gasteiger partial charge in [-0.2, -0.15) is 4.31 Å². The summed E-state index contributed by atoms with van der Waals surface area (Å²) in [4.78, 5) is 0.216. The van der Waals surface area contributed by atoms with Crippen LogP contribution in [0, 0.1) is 0 Å². The first-order valence-corrected chi connectivity index (χ1v) is 7.07. The largest absolute Gasteiger partial charge is 0.389 e. The molecule has 0 heterocycles. The van der Waals surface area contributed by atoms with Gasteiger partial charge < -0.3 is 10.4 Å². The number of rotatable bonds is 5. The fourth-order valence-corrected chi connectivity index (χ4v) is 2.93. The SMILES string of the molecule is CNc1ccc(S(=O)(=O)N(C)CC(C)(C)O)cc1. The van der Waals surface area contributed by atoms with E-state index in [0.29, 0.717) is 0 Å². The number of anilines is 1. The van der Waals surface area contributed by atoms with E-state index in [2.05, 4.69) is 5.32 Å². The smallest absolute Gasteiger partial charge is 0.242 e. The van der Waals surface area contributed by atoms with E-state index in [1.165, 1.54) is 7.05 Å². The fourth-order valence-electron chi connectivity index (χ4n) is 1.60. The Labute approximate surface area is 108 Å². The summed E-state index contributed by atoms with van der Waals surface area (Å²) in [6.07, 6.45) is 0. The predicted molar refractivity (Wildman–Crippen MR) is 72.1 cm³/mol. The van der Waals surface area contributed by atoms with Crippen LogP contribution in [-0.2, 0) is 10.0 Å². The summed E-state index contributed by atoms with van der Waals surface area (Å²) in [5.74, 6) is 0. The van der Waals surface area contributed by atoms with Gasteiger partial charge in [0.2, 0.25) is 10.0 Å². The van der Waals surface area contributed by atoms with Gasteiger partial charge in [0.25, 0.3) is 0 Å². The lowest BCUT2D eigenvalue weighted by atomic mass is 10.1. The minimum Gasteiger partial charge on any atom is -0.389 e. The van der Waals surface area contributed by atoms with Crippen molar-refractivity contribution in [2.75, 3.05) is 26.0 Å². The number of sulfonamides is 1. The summed E-state index contributed by atoms with van der Waals surface area (Å²) in [7, 11) is -0.326. The number of likely N-dealkylation sites (N-methyl/N-ethyl adjacent to an activating group) is 1. The molecule has 1 aromatic rings. The topological polar surface area (TPSA) is 69.6 Å². The van der Waals surface area contributed by atoms with E-state index in [1.54, 1.807) is 45.2 Å². The highest BCUT2D eigenvalue weighted by atomic mass is 32.2. The van der Waals surface area contributed by atoms with E-state index in [4.69, 9.17) is 0 Å². The maximum atomic E-state index is 12.2. The molecular weight excluding hydrogens is 252 g/mol. The van der Waals surface area contributed by atoms with Gasteiger partial charge in [-0.25, -0.2) is 8.42 Å². The van der Waals surface area contributed by atoms with Crippen LogP contribution >= 0.6 is 0 Å². The van der Waals surface area contributed by atoms with Gasteiger partial charge in [0.15, 0.2) is 0 Å². The first-order chi connectivity index (χ1) is 8.16. The van der Waals surface area contributed by atoms with E-state index < -0.39 is 15.6 Å². The molecule has 18 heavy (non-hydrogen) atoms. The predicted octanol–water partition coefficient (Wildman–Crippen LogP) is 1.12. The van der Waals surface area contributed by atoms with E-state index in [0.717, 1.165) is 9.99 Å². The molecule has 0 atom stereocenters. The Morgan fingerprint density at radius 3 is 2.17 bits per heavy atom. The lowest BCUT2D eigenvalue weighted by Gasteiger charge is -2.25. The minimum absolute atomic E-state index is 0.0448. The quantitative estimate of drug-likeness (QED) is 0.843. The molecule has 0 spiro atoms. The van der Waals surface area contributed by atoms with Crippen LogP contribution in [0.2, 0.25) is 0 Å². The van der Waals surface area contributed by atoms with Crippen LogP contribution in [0.3, 0.4) is 0 Å². The van der Waals surface area contributed by atoms with Crippen LogP contribution in [0.25, 0.3) is 0 Å². The Morgan fingerprint density at radius 2 is 1.78 bits per heavy atom. The van der Waals surface area contributed by atoms with Crippen molar-refractivity contribution < 1.29 is 13.5 Å². The molecule has 5 nitrogen and oxygen atoms in total. The molecule has 0 aliphatic carbocycles. The molecule has 0 aromatic heterocycles. The van der Waals surface area contributed by atoms with Crippen LogP contribution in [0.5, 0.6) is 0 Å². The molecule has 0 aliphatic rings. The molecule has 2 N–H and O–H groups in total. The minimum atomic E-state index is -3.55. The Morgan fingerprint density at radius 1 is 1.28 bits per heavy atom. The second kappa shape index (κ2) is 5.26. The molecule has 1 aromatic carbocycles. The van der Waals surface area contributed by atoms with Crippen molar-refractivity contribution in [2.45, 2.75) is 24.3 Å². The van der Waals surface area contributed by atoms with Gasteiger partial charge in [-0.05, 0) is 38.1 Å². The molecule has 102 valence electrons. The summed E-state index contributed by atoms with van der Waals surface area (Å²) in [5.41, 5.74) is -0.216. The van der Waals surface area contributed by atoms with Crippen LogP contribution in [0.15, 0.2) is 29.2 Å². The summed E-state index contributed by atoms with van der Waals surface area (Å²) in [5, 5.41) is 12.6. The second-order valence-electron chi connectivity index (χ2n) is 4.85. The van der Waals surface area contributed by atoms with Crippen molar-refractivity contribution in [2.24, 2.45) is 0 Å². The van der Waals surface area contributed by atoms with Crippen LogP contribution < -0.4 is 5.32 Å². The van der Waals surface area contributed by atoms with Gasteiger partial charge in [-0.3, -0.25) is 0 Å². The van der Waals surface area contributed by atoms with Gasteiger partial charge in [0, 0.05) is 26.3 Å². The highest BCUT2D eigenvalue weighted by Gasteiger charge is 2.26. The van der Waals surface area contributed by atoms with Crippen molar-refractivity contribution >= 4 is 15.7 Å². The lowest BCUT2D eigenvalue weighted by molar-refractivity contribution is 0.0640. The number of nitrogens with zero attached hydrogens (tertiary/aromatic N) is 1. The fraction of sp³-hybridized carbons (Fsp3) is 0.500. The normalized spacial score (nSPS) is 12.8. The molecule has 0 fully saturated rings. The van der Waals surface area contributed by atoms with Crippen LogP contribution in [-0.4, -0.2) is 44.1 Å². The van der Waals surface area contributed by atoms with E-state index >= 15 is 0 Å². The average Bonchev–Trinajstić information content (AvgIpc) is 2.27. The number of hydrogen-bond acceptors (Lipinski definition) is 4. The van der Waals surface area contributed by atoms with E-state index in [1.807, 2.05) is 0 Å². The molecule has 1 rings (SSSR count). The first kappa shape index (κ1) is 14.9. The Bertz CT molecular complexity index is 489. The molecule has 6 heteroatoms. The summed E-state index contributed by atoms with van der Waals surface area (Å²) >= 11 is 0. The lowest BCUT2D eigenvalue weighted by Crippen LogP contribution is -2.39. The van der Waals surface area contributed by atoms with Crippen molar-refractivity contribution in [3.63, 3.8) is 0 Å². The Balaban J connectivity index is 2.98. The second-order valence-corrected chi connectivity index (χ2v) is 6.89. The van der Waals surface area contributed by atoms with E-state index in [9.17, 15) is 13.5 Å². The summed E-state index contributed by atoms with van der Waals surface area (Å²) in [6, 6.07) is 6.49. The van der Waals surface area contributed by atoms with Gasteiger partial charge in [-0.1, -0.05) is 0 Å². The zero-order valence-electron chi connectivity index (χ0n) is 11.1. The zero-order valence-corrected chi connectivity index (χ0v) is 12.0. The summed E-state index contributed by atoms with van der Waals surface area (Å²) < 4.78 is 25.6. The first-order valence-electron chi connectivity index (χ1n) is 5.63. The van der Waals surface area contributed by atoms with Crippen molar-refractivity contribution in [1.82, 2.24) is 4.31 Å².